The molecule has 0 aromatic heterocycles. The van der Waals surface area contributed by atoms with Gasteiger partial charge in [0.25, 0.3) is 0 Å². The molecule has 8 heteroatoms. The Morgan fingerprint density at radius 2 is 1.40 bits per heavy atom. The molecule has 0 radical (unpaired) electrons. The number of carbonyl (C=O) groups is 3. The van der Waals surface area contributed by atoms with Crippen LogP contribution in [0.2, 0.25) is 0 Å². The van der Waals surface area contributed by atoms with Gasteiger partial charge in [-0.2, -0.15) is 0 Å². The highest BCUT2D eigenvalue weighted by molar-refractivity contribution is 5.82. The Hall–Kier alpha value is -3.39. The Morgan fingerprint density at radius 3 is 1.90 bits per heavy atom. The van der Waals surface area contributed by atoms with E-state index in [2.05, 4.69) is 0 Å². The van der Waals surface area contributed by atoms with Crippen molar-refractivity contribution in [3.63, 3.8) is 0 Å². The fourth-order valence-corrected chi connectivity index (χ4v) is 2.82. The number of amides is 2. The van der Waals surface area contributed by atoms with E-state index in [1.807, 2.05) is 60.7 Å². The summed E-state index contributed by atoms with van der Waals surface area (Å²) in [5.74, 6) is -1.23. The molecule has 0 unspecified atom stereocenters. The normalized spacial score (nSPS) is 11.4. The van der Waals surface area contributed by atoms with E-state index in [1.54, 1.807) is 0 Å². The van der Waals surface area contributed by atoms with Crippen LogP contribution in [0.3, 0.4) is 0 Å². The predicted molar refractivity (Wildman–Crippen MR) is 111 cm³/mol. The largest absolute Gasteiger partial charge is 0.459 e. The molecular weight excluding hydrogens is 386 g/mol. The number of ether oxygens (including phenoxy) is 2. The standard InChI is InChI=1S/C22H27N3O5/c23-13-14-25(22(28)30-16-18-9-5-2-6-10-18)19(11-12-20(24)26)21(27)29-15-17-7-3-1-4-8-17/h1-10,19H,11-16,23H2,(H2,24,26)/t19-/m1/s1. The molecule has 1 atom stereocenters. The zero-order valence-electron chi connectivity index (χ0n) is 16.7. The number of nitrogens with zero attached hydrogens (tertiary/aromatic N) is 1. The van der Waals surface area contributed by atoms with E-state index in [4.69, 9.17) is 20.9 Å². The molecule has 160 valence electrons. The van der Waals surface area contributed by atoms with Gasteiger partial charge >= 0.3 is 12.1 Å². The summed E-state index contributed by atoms with van der Waals surface area (Å²) in [7, 11) is 0. The summed E-state index contributed by atoms with van der Waals surface area (Å²) >= 11 is 0. The third kappa shape index (κ3) is 7.56. The number of primary amides is 1. The molecule has 0 fully saturated rings. The molecule has 30 heavy (non-hydrogen) atoms. The second-order valence-electron chi connectivity index (χ2n) is 6.64. The molecule has 0 saturated heterocycles. The lowest BCUT2D eigenvalue weighted by atomic mass is 10.1. The molecule has 2 rings (SSSR count). The van der Waals surface area contributed by atoms with E-state index in [-0.39, 0.29) is 39.1 Å². The summed E-state index contributed by atoms with van der Waals surface area (Å²) < 4.78 is 10.7. The van der Waals surface area contributed by atoms with Gasteiger partial charge in [-0.3, -0.25) is 9.69 Å². The number of nitrogens with two attached hydrogens (primary N) is 2. The van der Waals surface area contributed by atoms with E-state index < -0.39 is 24.0 Å². The minimum absolute atomic E-state index is 0.0173. The molecule has 0 aliphatic heterocycles. The molecule has 8 nitrogen and oxygen atoms in total. The van der Waals surface area contributed by atoms with Gasteiger partial charge in [0, 0.05) is 19.5 Å². The van der Waals surface area contributed by atoms with Crippen molar-refractivity contribution in [1.82, 2.24) is 4.90 Å². The molecule has 4 N–H and O–H groups in total. The summed E-state index contributed by atoms with van der Waals surface area (Å²) in [5.41, 5.74) is 12.5. The van der Waals surface area contributed by atoms with Crippen LogP contribution in [0.25, 0.3) is 0 Å². The van der Waals surface area contributed by atoms with Gasteiger partial charge in [0.1, 0.15) is 19.3 Å². The van der Waals surface area contributed by atoms with Gasteiger partial charge in [-0.15, -0.1) is 0 Å². The second-order valence-corrected chi connectivity index (χ2v) is 6.64. The van der Waals surface area contributed by atoms with Crippen molar-refractivity contribution in [1.29, 1.82) is 0 Å². The van der Waals surface area contributed by atoms with Gasteiger partial charge in [-0.1, -0.05) is 60.7 Å². The van der Waals surface area contributed by atoms with Crippen LogP contribution < -0.4 is 11.5 Å². The van der Waals surface area contributed by atoms with Crippen molar-refractivity contribution in [3.8, 4) is 0 Å². The zero-order chi connectivity index (χ0) is 21.8. The fourth-order valence-electron chi connectivity index (χ4n) is 2.82. The van der Waals surface area contributed by atoms with E-state index in [0.29, 0.717) is 0 Å². The van der Waals surface area contributed by atoms with Gasteiger partial charge < -0.3 is 20.9 Å². The summed E-state index contributed by atoms with van der Waals surface area (Å²) in [6.45, 7) is 0.265. The van der Waals surface area contributed by atoms with Gasteiger partial charge in [0.15, 0.2) is 0 Å². The molecule has 2 aromatic carbocycles. The van der Waals surface area contributed by atoms with Crippen LogP contribution in [0.5, 0.6) is 0 Å². The van der Waals surface area contributed by atoms with E-state index >= 15 is 0 Å². The van der Waals surface area contributed by atoms with Crippen LogP contribution in [0.4, 0.5) is 4.79 Å². The van der Waals surface area contributed by atoms with E-state index in [1.165, 1.54) is 4.90 Å². The minimum Gasteiger partial charge on any atom is -0.459 e. The van der Waals surface area contributed by atoms with Gasteiger partial charge in [0.05, 0.1) is 0 Å². The molecule has 0 aliphatic rings. The van der Waals surface area contributed by atoms with Crippen LogP contribution >= 0.6 is 0 Å². The van der Waals surface area contributed by atoms with Gasteiger partial charge in [-0.25, -0.2) is 9.59 Å². The minimum atomic E-state index is -1.03. The highest BCUT2D eigenvalue weighted by Gasteiger charge is 2.32. The number of esters is 1. The van der Waals surface area contributed by atoms with Crippen molar-refractivity contribution in [3.05, 3.63) is 71.8 Å². The summed E-state index contributed by atoms with van der Waals surface area (Å²) in [4.78, 5) is 37.9. The van der Waals surface area contributed by atoms with Crippen LogP contribution in [-0.2, 0) is 32.3 Å². The van der Waals surface area contributed by atoms with Gasteiger partial charge in [0.2, 0.25) is 5.91 Å². The lowest BCUT2D eigenvalue weighted by Gasteiger charge is -2.29. The molecular formula is C22H27N3O5. The average molecular weight is 413 g/mol. The third-order valence-corrected chi connectivity index (χ3v) is 4.35. The SMILES string of the molecule is NCCN(C(=O)OCc1ccccc1)[C@H](CCC(N)=O)C(=O)OCc1ccccc1. The molecule has 0 bridgehead atoms. The Labute approximate surface area is 175 Å². The summed E-state index contributed by atoms with van der Waals surface area (Å²) in [6.07, 6.45) is -0.780. The Balaban J connectivity index is 2.08. The van der Waals surface area contributed by atoms with Crippen LogP contribution in [0, 0.1) is 0 Å². The fraction of sp³-hybridized carbons (Fsp3) is 0.318. The number of hydrogen-bond acceptors (Lipinski definition) is 6. The van der Waals surface area contributed by atoms with Crippen molar-refractivity contribution >= 4 is 18.0 Å². The predicted octanol–water partition coefficient (Wildman–Crippen LogP) is 1.96. The summed E-state index contributed by atoms with van der Waals surface area (Å²) in [6, 6.07) is 17.3. The first-order valence-electron chi connectivity index (χ1n) is 9.67. The van der Waals surface area contributed by atoms with Crippen molar-refractivity contribution < 1.29 is 23.9 Å². The van der Waals surface area contributed by atoms with Gasteiger partial charge in [-0.05, 0) is 17.5 Å². The number of hydrogen-bond donors (Lipinski definition) is 2. The molecule has 2 aromatic rings. The van der Waals surface area contributed by atoms with E-state index in [9.17, 15) is 14.4 Å². The maximum Gasteiger partial charge on any atom is 0.410 e. The highest BCUT2D eigenvalue weighted by Crippen LogP contribution is 2.14. The number of benzene rings is 2. The topological polar surface area (TPSA) is 125 Å². The number of carbonyl (C=O) groups excluding carboxylic acids is 3. The summed E-state index contributed by atoms with van der Waals surface area (Å²) in [5, 5.41) is 0. The Morgan fingerprint density at radius 1 is 0.867 bits per heavy atom. The Bertz CT molecular complexity index is 814. The molecule has 2 amide bonds. The smallest absolute Gasteiger partial charge is 0.410 e. The first-order valence-corrected chi connectivity index (χ1v) is 9.67. The van der Waals surface area contributed by atoms with Crippen LogP contribution in [-0.4, -0.2) is 42.0 Å². The van der Waals surface area contributed by atoms with Crippen molar-refractivity contribution in [2.24, 2.45) is 11.5 Å². The average Bonchev–Trinajstić information content (AvgIpc) is 2.76. The van der Waals surface area contributed by atoms with E-state index in [0.717, 1.165) is 11.1 Å². The molecule has 0 aliphatic carbocycles. The first kappa shape index (κ1) is 22.9. The number of rotatable bonds is 11. The first-order chi connectivity index (χ1) is 14.5. The lowest BCUT2D eigenvalue weighted by Crippen LogP contribution is -2.48. The third-order valence-electron chi connectivity index (χ3n) is 4.35. The highest BCUT2D eigenvalue weighted by atomic mass is 16.6. The quantitative estimate of drug-likeness (QED) is 0.543. The van der Waals surface area contributed by atoms with Crippen LogP contribution in [0.1, 0.15) is 24.0 Å². The second kappa shape index (κ2) is 12.2. The molecule has 0 heterocycles. The zero-order valence-corrected chi connectivity index (χ0v) is 16.7. The maximum atomic E-state index is 12.8. The van der Waals surface area contributed by atoms with Crippen molar-refractivity contribution in [2.45, 2.75) is 32.1 Å². The molecule has 0 spiro atoms. The van der Waals surface area contributed by atoms with Crippen molar-refractivity contribution in [2.75, 3.05) is 13.1 Å². The Kier molecular flexibility index (Phi) is 9.33. The maximum absolute atomic E-state index is 12.8. The monoisotopic (exact) mass is 413 g/mol. The molecule has 0 saturated carbocycles. The van der Waals surface area contributed by atoms with Crippen LogP contribution in [0.15, 0.2) is 60.7 Å². The lowest BCUT2D eigenvalue weighted by molar-refractivity contribution is -0.151.